The second-order valence-electron chi connectivity index (χ2n) is 4.52. The van der Waals surface area contributed by atoms with E-state index in [0.29, 0.717) is 5.41 Å². The maximum Gasteiger partial charge on any atom is -0.00810 e. The van der Waals surface area contributed by atoms with Gasteiger partial charge in [0.1, 0.15) is 0 Å². The molecule has 74 valence electrons. The highest BCUT2D eigenvalue weighted by Crippen LogP contribution is 2.39. The van der Waals surface area contributed by atoms with Gasteiger partial charge < -0.3 is 0 Å². The van der Waals surface area contributed by atoms with Crippen molar-refractivity contribution in [3.05, 3.63) is 23.3 Å². The normalized spacial score (nSPS) is 20.9. The van der Waals surface area contributed by atoms with Crippen LogP contribution in [0.3, 0.4) is 0 Å². The molecule has 0 aromatic carbocycles. The summed E-state index contributed by atoms with van der Waals surface area (Å²) < 4.78 is 0. The molecule has 0 heterocycles. The van der Waals surface area contributed by atoms with Crippen LogP contribution >= 0.6 is 0 Å². The predicted octanol–water partition coefficient (Wildman–Crippen LogP) is 4.48. The van der Waals surface area contributed by atoms with Gasteiger partial charge >= 0.3 is 0 Å². The predicted molar refractivity (Wildman–Crippen MR) is 59.8 cm³/mol. The van der Waals surface area contributed by atoms with Gasteiger partial charge in [-0.2, -0.15) is 0 Å². The molecule has 0 spiro atoms. The van der Waals surface area contributed by atoms with Crippen LogP contribution in [-0.4, -0.2) is 0 Å². The van der Waals surface area contributed by atoms with Crippen LogP contribution in [0.2, 0.25) is 0 Å². The van der Waals surface area contributed by atoms with Crippen molar-refractivity contribution in [2.45, 2.75) is 53.4 Å². The van der Waals surface area contributed by atoms with Crippen LogP contribution in [0.15, 0.2) is 23.3 Å². The minimum absolute atomic E-state index is 0.437. The van der Waals surface area contributed by atoms with Gasteiger partial charge in [0, 0.05) is 0 Å². The molecule has 0 fully saturated rings. The van der Waals surface area contributed by atoms with Crippen LogP contribution in [-0.2, 0) is 0 Å². The Labute approximate surface area is 82.7 Å². The molecule has 0 aromatic rings. The minimum Gasteiger partial charge on any atom is -0.0767 e. The lowest BCUT2D eigenvalue weighted by Gasteiger charge is -2.28. The highest BCUT2D eigenvalue weighted by atomic mass is 14.3. The Morgan fingerprint density at radius 1 is 1.38 bits per heavy atom. The Hall–Kier alpha value is -0.520. The fourth-order valence-electron chi connectivity index (χ4n) is 2.15. The van der Waals surface area contributed by atoms with Crippen molar-refractivity contribution in [2.24, 2.45) is 5.41 Å². The Morgan fingerprint density at radius 3 is 2.46 bits per heavy atom. The summed E-state index contributed by atoms with van der Waals surface area (Å²) in [7, 11) is 0. The largest absolute Gasteiger partial charge is 0.0767 e. The van der Waals surface area contributed by atoms with Crippen molar-refractivity contribution in [1.29, 1.82) is 0 Å². The summed E-state index contributed by atoms with van der Waals surface area (Å²) in [5.74, 6) is 0. The van der Waals surface area contributed by atoms with E-state index in [1.165, 1.54) is 31.3 Å². The van der Waals surface area contributed by atoms with E-state index in [4.69, 9.17) is 0 Å². The summed E-state index contributed by atoms with van der Waals surface area (Å²) in [4.78, 5) is 0. The van der Waals surface area contributed by atoms with Crippen molar-refractivity contribution in [3.8, 4) is 0 Å². The molecule has 1 aliphatic rings. The quantitative estimate of drug-likeness (QED) is 0.595. The Kier molecular flexibility index (Phi) is 3.35. The molecular formula is C13H22. The SMILES string of the molecule is CCCC(C)(CC)C1=CCC(C)=C1. The van der Waals surface area contributed by atoms with E-state index in [0.717, 1.165) is 0 Å². The Bertz CT molecular complexity index is 232. The van der Waals surface area contributed by atoms with Gasteiger partial charge in [0.05, 0.1) is 0 Å². The van der Waals surface area contributed by atoms with Gasteiger partial charge in [0.2, 0.25) is 0 Å². The smallest absolute Gasteiger partial charge is 0.00810 e. The molecule has 0 amide bonds. The molecule has 0 aliphatic heterocycles. The number of hydrogen-bond donors (Lipinski definition) is 0. The molecule has 0 N–H and O–H groups in total. The zero-order valence-electron chi connectivity index (χ0n) is 9.48. The molecule has 0 heteroatoms. The summed E-state index contributed by atoms with van der Waals surface area (Å²) in [6, 6.07) is 0. The number of rotatable bonds is 4. The Balaban J connectivity index is 2.77. The summed E-state index contributed by atoms with van der Waals surface area (Å²) in [5.41, 5.74) is 3.53. The molecule has 0 aromatic heterocycles. The van der Waals surface area contributed by atoms with Crippen molar-refractivity contribution >= 4 is 0 Å². The summed E-state index contributed by atoms with van der Waals surface area (Å²) in [5, 5.41) is 0. The van der Waals surface area contributed by atoms with Crippen LogP contribution < -0.4 is 0 Å². The molecule has 0 nitrogen and oxygen atoms in total. The van der Waals surface area contributed by atoms with Gasteiger partial charge in [-0.15, -0.1) is 0 Å². The van der Waals surface area contributed by atoms with E-state index in [-0.39, 0.29) is 0 Å². The molecule has 1 rings (SSSR count). The lowest BCUT2D eigenvalue weighted by Crippen LogP contribution is -2.16. The second-order valence-corrected chi connectivity index (χ2v) is 4.52. The molecule has 1 unspecified atom stereocenters. The van der Waals surface area contributed by atoms with Crippen molar-refractivity contribution in [3.63, 3.8) is 0 Å². The van der Waals surface area contributed by atoms with Gasteiger partial charge in [-0.05, 0) is 37.2 Å². The van der Waals surface area contributed by atoms with E-state index < -0.39 is 0 Å². The number of hydrogen-bond acceptors (Lipinski definition) is 0. The number of allylic oxidation sites excluding steroid dienone is 4. The zero-order valence-corrected chi connectivity index (χ0v) is 9.48. The van der Waals surface area contributed by atoms with Crippen LogP contribution in [0.25, 0.3) is 0 Å². The van der Waals surface area contributed by atoms with Gasteiger partial charge in [-0.3, -0.25) is 0 Å². The van der Waals surface area contributed by atoms with Crippen LogP contribution in [0.1, 0.15) is 53.4 Å². The van der Waals surface area contributed by atoms with Gasteiger partial charge in [0.15, 0.2) is 0 Å². The van der Waals surface area contributed by atoms with Crippen LogP contribution in [0.5, 0.6) is 0 Å². The fourth-order valence-corrected chi connectivity index (χ4v) is 2.15. The van der Waals surface area contributed by atoms with E-state index in [9.17, 15) is 0 Å². The van der Waals surface area contributed by atoms with Crippen LogP contribution in [0.4, 0.5) is 0 Å². The zero-order chi connectivity index (χ0) is 9.90. The maximum atomic E-state index is 2.41. The molecular weight excluding hydrogens is 156 g/mol. The average molecular weight is 178 g/mol. The molecule has 13 heavy (non-hydrogen) atoms. The van der Waals surface area contributed by atoms with Gasteiger partial charge in [-0.25, -0.2) is 0 Å². The first kappa shape index (κ1) is 10.6. The topological polar surface area (TPSA) is 0 Å². The highest BCUT2D eigenvalue weighted by molar-refractivity contribution is 5.36. The lowest BCUT2D eigenvalue weighted by molar-refractivity contribution is 0.355. The summed E-state index contributed by atoms with van der Waals surface area (Å²) in [6.45, 7) is 9.21. The van der Waals surface area contributed by atoms with E-state index in [1.807, 2.05) is 0 Å². The van der Waals surface area contributed by atoms with Crippen molar-refractivity contribution in [2.75, 3.05) is 0 Å². The lowest BCUT2D eigenvalue weighted by atomic mass is 9.76. The minimum atomic E-state index is 0.437. The molecule has 1 aliphatic carbocycles. The summed E-state index contributed by atoms with van der Waals surface area (Å²) in [6.07, 6.45) is 9.84. The average Bonchev–Trinajstić information content (AvgIpc) is 2.52. The van der Waals surface area contributed by atoms with E-state index in [2.05, 4.69) is 39.8 Å². The van der Waals surface area contributed by atoms with Crippen molar-refractivity contribution in [1.82, 2.24) is 0 Å². The first-order valence-corrected chi connectivity index (χ1v) is 5.50. The van der Waals surface area contributed by atoms with Crippen LogP contribution in [0, 0.1) is 5.41 Å². The molecule has 1 atom stereocenters. The summed E-state index contributed by atoms with van der Waals surface area (Å²) >= 11 is 0. The molecule has 0 bridgehead atoms. The maximum absolute atomic E-state index is 2.41. The van der Waals surface area contributed by atoms with E-state index in [1.54, 1.807) is 5.57 Å². The third kappa shape index (κ3) is 2.24. The molecule has 0 saturated carbocycles. The molecule has 0 radical (unpaired) electrons. The van der Waals surface area contributed by atoms with Crippen molar-refractivity contribution < 1.29 is 0 Å². The first-order valence-electron chi connectivity index (χ1n) is 5.50. The highest BCUT2D eigenvalue weighted by Gasteiger charge is 2.25. The Morgan fingerprint density at radius 2 is 2.08 bits per heavy atom. The van der Waals surface area contributed by atoms with Gasteiger partial charge in [0.25, 0.3) is 0 Å². The fraction of sp³-hybridized carbons (Fsp3) is 0.692. The van der Waals surface area contributed by atoms with E-state index >= 15 is 0 Å². The first-order chi connectivity index (χ1) is 6.12. The molecule has 0 saturated heterocycles. The third-order valence-corrected chi connectivity index (χ3v) is 3.32. The second kappa shape index (κ2) is 4.13. The standard InChI is InChI=1S/C13H22/c1-5-9-13(4,6-2)12-8-7-11(3)10-12/h8,10H,5-7,9H2,1-4H3. The monoisotopic (exact) mass is 178 g/mol. The van der Waals surface area contributed by atoms with Gasteiger partial charge in [-0.1, -0.05) is 44.9 Å². The third-order valence-electron chi connectivity index (χ3n) is 3.32.